The second-order valence-corrected chi connectivity index (χ2v) is 5.62. The number of hydrogen-bond acceptors (Lipinski definition) is 5. The zero-order valence-electron chi connectivity index (χ0n) is 12.5. The van der Waals surface area contributed by atoms with Gasteiger partial charge in [-0.25, -0.2) is 0 Å². The molecule has 1 unspecified atom stereocenters. The third-order valence-electron chi connectivity index (χ3n) is 3.18. The Bertz CT molecular complexity index is 586. The van der Waals surface area contributed by atoms with Crippen molar-refractivity contribution in [2.75, 3.05) is 13.7 Å². The molecule has 1 atom stereocenters. The van der Waals surface area contributed by atoms with E-state index < -0.39 is 0 Å². The van der Waals surface area contributed by atoms with Gasteiger partial charge in [0.05, 0.1) is 18.7 Å². The maximum absolute atomic E-state index is 5.82. The molecule has 0 saturated carbocycles. The molecule has 5 nitrogen and oxygen atoms in total. The van der Waals surface area contributed by atoms with Crippen molar-refractivity contribution in [2.24, 2.45) is 0 Å². The minimum atomic E-state index is 0.0904. The monoisotopic (exact) mass is 353 g/mol. The van der Waals surface area contributed by atoms with E-state index >= 15 is 0 Å². The second kappa shape index (κ2) is 7.56. The lowest BCUT2D eigenvalue weighted by molar-refractivity contribution is 0.391. The van der Waals surface area contributed by atoms with E-state index in [-0.39, 0.29) is 6.04 Å². The van der Waals surface area contributed by atoms with Crippen LogP contribution in [0, 0.1) is 0 Å². The van der Waals surface area contributed by atoms with Crippen molar-refractivity contribution in [2.45, 2.75) is 32.7 Å². The number of aromatic nitrogens is 2. The smallest absolute Gasteiger partial charge is 0.251 e. The zero-order chi connectivity index (χ0) is 15.2. The fourth-order valence-corrected chi connectivity index (χ4v) is 2.39. The van der Waals surface area contributed by atoms with Gasteiger partial charge >= 0.3 is 0 Å². The van der Waals surface area contributed by atoms with Crippen molar-refractivity contribution < 1.29 is 9.15 Å². The number of ether oxygens (including phenoxy) is 1. The predicted octanol–water partition coefficient (Wildman–Crippen LogP) is 3.96. The number of rotatable bonds is 7. The average molecular weight is 354 g/mol. The number of hydrogen-bond donors (Lipinski definition) is 1. The van der Waals surface area contributed by atoms with E-state index in [0.717, 1.165) is 29.4 Å². The minimum Gasteiger partial charge on any atom is -0.496 e. The van der Waals surface area contributed by atoms with E-state index in [4.69, 9.17) is 9.15 Å². The fourth-order valence-electron chi connectivity index (χ4n) is 2.05. The molecular formula is C15H20BrN3O2. The molecule has 0 fully saturated rings. The Kier molecular flexibility index (Phi) is 5.76. The molecule has 2 aromatic rings. The third-order valence-corrected chi connectivity index (χ3v) is 3.67. The first-order chi connectivity index (χ1) is 10.2. The summed E-state index contributed by atoms with van der Waals surface area (Å²) < 4.78 is 12.1. The average Bonchev–Trinajstić information content (AvgIpc) is 2.97. The van der Waals surface area contributed by atoms with Crippen LogP contribution in [0.2, 0.25) is 0 Å². The Balaban J connectivity index is 2.27. The molecular weight excluding hydrogens is 334 g/mol. The molecule has 1 N–H and O–H groups in total. The lowest BCUT2D eigenvalue weighted by Crippen LogP contribution is -2.21. The van der Waals surface area contributed by atoms with E-state index in [0.29, 0.717) is 17.5 Å². The molecule has 0 aliphatic rings. The lowest BCUT2D eigenvalue weighted by Gasteiger charge is -2.11. The SMILES string of the molecule is CCCNC(CC)c1nnc(-c2ccc(Br)cc2OC)o1. The van der Waals surface area contributed by atoms with Crippen molar-refractivity contribution in [3.8, 4) is 17.2 Å². The van der Waals surface area contributed by atoms with Crippen LogP contribution in [0.5, 0.6) is 5.75 Å². The van der Waals surface area contributed by atoms with Crippen molar-refractivity contribution in [3.05, 3.63) is 28.6 Å². The van der Waals surface area contributed by atoms with Crippen LogP contribution < -0.4 is 10.1 Å². The first-order valence-electron chi connectivity index (χ1n) is 7.10. The molecule has 0 aliphatic carbocycles. The maximum Gasteiger partial charge on any atom is 0.251 e. The van der Waals surface area contributed by atoms with E-state index in [2.05, 4.69) is 45.3 Å². The van der Waals surface area contributed by atoms with Gasteiger partial charge < -0.3 is 14.5 Å². The van der Waals surface area contributed by atoms with Gasteiger partial charge in [0.15, 0.2) is 0 Å². The molecule has 0 bridgehead atoms. The van der Waals surface area contributed by atoms with Crippen molar-refractivity contribution in [1.29, 1.82) is 0 Å². The van der Waals surface area contributed by atoms with Gasteiger partial charge in [-0.05, 0) is 37.6 Å². The standard InChI is InChI=1S/C15H20BrN3O2/c1-4-8-17-12(5-2)15-19-18-14(21-15)11-7-6-10(16)9-13(11)20-3/h6-7,9,12,17H,4-5,8H2,1-3H3. The van der Waals surface area contributed by atoms with Gasteiger partial charge in [-0.2, -0.15) is 0 Å². The molecule has 1 aromatic heterocycles. The Morgan fingerprint density at radius 3 is 2.81 bits per heavy atom. The van der Waals surface area contributed by atoms with Crippen LogP contribution in [0.25, 0.3) is 11.5 Å². The number of nitrogens with one attached hydrogen (secondary N) is 1. The Hall–Kier alpha value is -1.40. The van der Waals surface area contributed by atoms with Crippen LogP contribution >= 0.6 is 15.9 Å². The molecule has 2 rings (SSSR count). The van der Waals surface area contributed by atoms with E-state index in [1.165, 1.54) is 0 Å². The number of halogens is 1. The lowest BCUT2D eigenvalue weighted by atomic mass is 10.2. The van der Waals surface area contributed by atoms with Crippen LogP contribution in [0.4, 0.5) is 0 Å². The van der Waals surface area contributed by atoms with Gasteiger partial charge in [0.2, 0.25) is 5.89 Å². The summed E-state index contributed by atoms with van der Waals surface area (Å²) in [5, 5.41) is 11.7. The summed E-state index contributed by atoms with van der Waals surface area (Å²) in [5.74, 6) is 1.80. The quantitative estimate of drug-likeness (QED) is 0.816. The summed E-state index contributed by atoms with van der Waals surface area (Å²) in [6.07, 6.45) is 1.97. The highest BCUT2D eigenvalue weighted by Crippen LogP contribution is 2.32. The number of benzene rings is 1. The topological polar surface area (TPSA) is 60.2 Å². The van der Waals surface area contributed by atoms with Crippen molar-refractivity contribution >= 4 is 15.9 Å². The Morgan fingerprint density at radius 2 is 2.14 bits per heavy atom. The Morgan fingerprint density at radius 1 is 1.33 bits per heavy atom. The van der Waals surface area contributed by atoms with Gasteiger partial charge in [-0.1, -0.05) is 29.8 Å². The first-order valence-corrected chi connectivity index (χ1v) is 7.89. The molecule has 1 heterocycles. The maximum atomic E-state index is 5.82. The third kappa shape index (κ3) is 3.83. The molecule has 114 valence electrons. The van der Waals surface area contributed by atoms with Crippen molar-refractivity contribution in [1.82, 2.24) is 15.5 Å². The zero-order valence-corrected chi connectivity index (χ0v) is 14.1. The van der Waals surface area contributed by atoms with Gasteiger partial charge in [0.25, 0.3) is 5.89 Å². The molecule has 6 heteroatoms. The molecule has 0 radical (unpaired) electrons. The van der Waals surface area contributed by atoms with Gasteiger partial charge in [0.1, 0.15) is 5.75 Å². The normalized spacial score (nSPS) is 12.4. The number of nitrogens with zero attached hydrogens (tertiary/aromatic N) is 2. The second-order valence-electron chi connectivity index (χ2n) is 4.71. The van der Waals surface area contributed by atoms with Crippen LogP contribution in [0.15, 0.2) is 27.1 Å². The van der Waals surface area contributed by atoms with Crippen LogP contribution in [-0.4, -0.2) is 23.9 Å². The molecule has 0 spiro atoms. The summed E-state index contributed by atoms with van der Waals surface area (Å²) in [6.45, 7) is 5.15. The Labute approximate surface area is 133 Å². The van der Waals surface area contributed by atoms with Gasteiger partial charge in [-0.15, -0.1) is 10.2 Å². The first kappa shape index (κ1) is 16.0. The van der Waals surface area contributed by atoms with Gasteiger partial charge in [0, 0.05) is 4.47 Å². The summed E-state index contributed by atoms with van der Waals surface area (Å²) >= 11 is 3.42. The number of methoxy groups -OCH3 is 1. The predicted molar refractivity (Wildman–Crippen MR) is 85.3 cm³/mol. The largest absolute Gasteiger partial charge is 0.496 e. The molecule has 21 heavy (non-hydrogen) atoms. The summed E-state index contributed by atoms with van der Waals surface area (Å²) in [5.41, 5.74) is 0.796. The highest BCUT2D eigenvalue weighted by molar-refractivity contribution is 9.10. The van der Waals surface area contributed by atoms with Crippen LogP contribution in [-0.2, 0) is 0 Å². The van der Waals surface area contributed by atoms with E-state index in [9.17, 15) is 0 Å². The summed E-state index contributed by atoms with van der Waals surface area (Å²) in [6, 6.07) is 5.80. The molecule has 1 aromatic carbocycles. The highest BCUT2D eigenvalue weighted by Gasteiger charge is 2.19. The highest BCUT2D eigenvalue weighted by atomic mass is 79.9. The molecule has 0 amide bonds. The van der Waals surface area contributed by atoms with Crippen molar-refractivity contribution in [3.63, 3.8) is 0 Å². The summed E-state index contributed by atoms with van der Waals surface area (Å²) in [4.78, 5) is 0. The fraction of sp³-hybridized carbons (Fsp3) is 0.467. The van der Waals surface area contributed by atoms with Crippen LogP contribution in [0.3, 0.4) is 0 Å². The van der Waals surface area contributed by atoms with Gasteiger partial charge in [-0.3, -0.25) is 0 Å². The van der Waals surface area contributed by atoms with E-state index in [1.54, 1.807) is 7.11 Å². The summed E-state index contributed by atoms with van der Waals surface area (Å²) in [7, 11) is 1.63. The van der Waals surface area contributed by atoms with E-state index in [1.807, 2.05) is 18.2 Å². The minimum absolute atomic E-state index is 0.0904. The molecule has 0 saturated heterocycles. The molecule has 0 aliphatic heterocycles. The van der Waals surface area contributed by atoms with Crippen LogP contribution in [0.1, 0.15) is 38.6 Å².